The summed E-state index contributed by atoms with van der Waals surface area (Å²) in [6.07, 6.45) is 7.62. The van der Waals surface area contributed by atoms with E-state index in [4.69, 9.17) is 4.74 Å². The fraction of sp³-hybridized carbons (Fsp3) is 0.192. The predicted molar refractivity (Wildman–Crippen MR) is 136 cm³/mol. The lowest BCUT2D eigenvalue weighted by Gasteiger charge is -2.11. The van der Waals surface area contributed by atoms with Crippen LogP contribution in [-0.2, 0) is 0 Å². The van der Waals surface area contributed by atoms with Crippen molar-refractivity contribution in [2.75, 3.05) is 17.2 Å². The van der Waals surface area contributed by atoms with Crippen molar-refractivity contribution >= 4 is 28.8 Å². The highest BCUT2D eigenvalue weighted by atomic mass is 16.5. The lowest BCUT2D eigenvalue weighted by atomic mass is 10.1. The first-order valence-corrected chi connectivity index (χ1v) is 11.2. The number of hydrogen-bond acceptors (Lipinski definition) is 4. The zero-order valence-electron chi connectivity index (χ0n) is 19.7. The van der Waals surface area contributed by atoms with Gasteiger partial charge in [0, 0.05) is 17.5 Å². The van der Waals surface area contributed by atoms with Crippen molar-refractivity contribution in [2.45, 2.75) is 27.7 Å². The van der Waals surface area contributed by atoms with Gasteiger partial charge in [0.1, 0.15) is 11.5 Å². The summed E-state index contributed by atoms with van der Waals surface area (Å²) in [6, 6.07) is 15.1. The molecule has 4 rings (SSSR count). The van der Waals surface area contributed by atoms with Crippen LogP contribution >= 0.6 is 0 Å². The van der Waals surface area contributed by atoms with Gasteiger partial charge >= 0.3 is 6.03 Å². The Bertz CT molecular complexity index is 1360. The van der Waals surface area contributed by atoms with Gasteiger partial charge in [-0.05, 0) is 45.9 Å². The number of carbonyl (C=O) groups excluding carboxylic acids is 1. The second-order valence-corrected chi connectivity index (χ2v) is 7.66. The van der Waals surface area contributed by atoms with Crippen molar-refractivity contribution in [2.24, 2.45) is 0 Å². The van der Waals surface area contributed by atoms with Crippen LogP contribution in [0.3, 0.4) is 0 Å². The molecule has 8 heteroatoms. The highest BCUT2D eigenvalue weighted by Gasteiger charge is 2.21. The van der Waals surface area contributed by atoms with Gasteiger partial charge in [-0.2, -0.15) is 5.10 Å². The molecule has 3 aromatic heterocycles. The van der Waals surface area contributed by atoms with Crippen molar-refractivity contribution in [1.29, 1.82) is 0 Å². The number of aromatic nitrogens is 4. The first-order valence-electron chi connectivity index (χ1n) is 11.2. The predicted octanol–water partition coefficient (Wildman–Crippen LogP) is 5.99. The van der Waals surface area contributed by atoms with Crippen LogP contribution in [0, 0.1) is 6.92 Å². The molecule has 34 heavy (non-hydrogen) atoms. The number of anilines is 2. The molecule has 8 nitrogen and oxygen atoms in total. The normalized spacial score (nSPS) is 11.8. The van der Waals surface area contributed by atoms with E-state index in [0.29, 0.717) is 29.7 Å². The topological polar surface area (TPSA) is 85.5 Å². The molecule has 0 atom stereocenters. The molecule has 2 N–H and O–H groups in total. The second kappa shape index (κ2) is 10.1. The standard InChI is InChI=1S/C26H28N6O2/c1-5-7-13-18(3)32-24(19(4)25(30-32)34-6-2)28-26(33)27-23-21-16-11-12-17-31(21)29-22(23)20-14-9-8-10-15-20/h5,7-17H,6H2,1-4H3,(H2,27,28,33)/b7-5-,18-13+. The van der Waals surface area contributed by atoms with Crippen LogP contribution in [0.25, 0.3) is 22.5 Å². The van der Waals surface area contributed by atoms with Crippen LogP contribution in [0.1, 0.15) is 26.3 Å². The third-order valence-electron chi connectivity index (χ3n) is 5.28. The molecular formula is C26H28N6O2. The Morgan fingerprint density at radius 3 is 2.59 bits per heavy atom. The van der Waals surface area contributed by atoms with Crippen molar-refractivity contribution in [1.82, 2.24) is 19.4 Å². The molecule has 1 aromatic carbocycles. The molecule has 4 aromatic rings. The molecule has 0 aliphatic rings. The van der Waals surface area contributed by atoms with E-state index in [1.807, 2.05) is 101 Å². The number of benzene rings is 1. The largest absolute Gasteiger partial charge is 0.477 e. The number of urea groups is 1. The lowest BCUT2D eigenvalue weighted by molar-refractivity contribution is 0.262. The Morgan fingerprint density at radius 1 is 1.09 bits per heavy atom. The molecular weight excluding hydrogens is 428 g/mol. The molecule has 0 spiro atoms. The third kappa shape index (κ3) is 4.56. The Kier molecular flexibility index (Phi) is 6.77. The number of hydrogen-bond donors (Lipinski definition) is 2. The van der Waals surface area contributed by atoms with Crippen molar-refractivity contribution in [3.05, 3.63) is 78.5 Å². The molecule has 174 valence electrons. The van der Waals surface area contributed by atoms with Crippen LogP contribution in [0.15, 0.2) is 73.0 Å². The Balaban J connectivity index is 1.70. The number of pyridine rings is 1. The minimum absolute atomic E-state index is 0.401. The molecule has 3 heterocycles. The van der Waals surface area contributed by atoms with E-state index in [0.717, 1.165) is 22.3 Å². The first kappa shape index (κ1) is 22.8. The van der Waals surface area contributed by atoms with Crippen LogP contribution in [-0.4, -0.2) is 32.0 Å². The zero-order chi connectivity index (χ0) is 24.1. The Hall–Kier alpha value is -4.33. The van der Waals surface area contributed by atoms with Crippen LogP contribution in [0.4, 0.5) is 16.3 Å². The van der Waals surface area contributed by atoms with E-state index in [-0.39, 0.29) is 0 Å². The lowest BCUT2D eigenvalue weighted by Crippen LogP contribution is -2.22. The third-order valence-corrected chi connectivity index (χ3v) is 5.28. The number of amides is 2. The summed E-state index contributed by atoms with van der Waals surface area (Å²) >= 11 is 0. The number of ether oxygens (including phenoxy) is 1. The molecule has 0 radical (unpaired) electrons. The number of nitrogens with one attached hydrogen (secondary N) is 2. The molecule has 0 aliphatic carbocycles. The molecule has 2 amide bonds. The monoisotopic (exact) mass is 456 g/mol. The summed E-state index contributed by atoms with van der Waals surface area (Å²) < 4.78 is 9.10. The fourth-order valence-corrected chi connectivity index (χ4v) is 3.63. The quantitative estimate of drug-likeness (QED) is 0.335. The number of carbonyl (C=O) groups is 1. The summed E-state index contributed by atoms with van der Waals surface area (Å²) in [4.78, 5) is 13.2. The van der Waals surface area contributed by atoms with Gasteiger partial charge in [-0.15, -0.1) is 5.10 Å². The number of nitrogens with zero attached hydrogens (tertiary/aromatic N) is 4. The maximum atomic E-state index is 13.2. The van der Waals surface area contributed by atoms with Crippen molar-refractivity contribution < 1.29 is 9.53 Å². The van der Waals surface area contributed by atoms with E-state index in [2.05, 4.69) is 20.8 Å². The SMILES string of the molecule is C/C=C\C=C(/C)n1nc(OCC)c(C)c1NC(=O)Nc1c(-c2ccccc2)nn2ccccc12. The van der Waals surface area contributed by atoms with Gasteiger partial charge in [0.2, 0.25) is 5.88 Å². The van der Waals surface area contributed by atoms with Gasteiger partial charge in [0.25, 0.3) is 0 Å². The van der Waals surface area contributed by atoms with Gasteiger partial charge in [-0.1, -0.05) is 48.6 Å². The molecule has 0 unspecified atom stereocenters. The molecule has 0 saturated carbocycles. The fourth-order valence-electron chi connectivity index (χ4n) is 3.63. The minimum Gasteiger partial charge on any atom is -0.477 e. The first-order chi connectivity index (χ1) is 16.5. The van der Waals surface area contributed by atoms with Gasteiger partial charge in [0.15, 0.2) is 0 Å². The summed E-state index contributed by atoms with van der Waals surface area (Å²) in [7, 11) is 0. The second-order valence-electron chi connectivity index (χ2n) is 7.66. The maximum absolute atomic E-state index is 13.2. The van der Waals surface area contributed by atoms with E-state index in [1.54, 1.807) is 9.20 Å². The van der Waals surface area contributed by atoms with Crippen LogP contribution < -0.4 is 15.4 Å². The summed E-state index contributed by atoms with van der Waals surface area (Å²) in [5.41, 5.74) is 4.59. The highest BCUT2D eigenvalue weighted by molar-refractivity contribution is 6.05. The van der Waals surface area contributed by atoms with Gasteiger partial charge in [-0.3, -0.25) is 5.32 Å². The summed E-state index contributed by atoms with van der Waals surface area (Å²) in [5, 5.41) is 15.2. The highest BCUT2D eigenvalue weighted by Crippen LogP contribution is 2.32. The average molecular weight is 457 g/mol. The summed E-state index contributed by atoms with van der Waals surface area (Å²) in [6.45, 7) is 8.11. The van der Waals surface area contributed by atoms with Crippen LogP contribution in [0.2, 0.25) is 0 Å². The molecule has 0 saturated heterocycles. The van der Waals surface area contributed by atoms with E-state index < -0.39 is 6.03 Å². The van der Waals surface area contributed by atoms with Gasteiger partial charge < -0.3 is 10.1 Å². The van der Waals surface area contributed by atoms with E-state index in [1.165, 1.54) is 0 Å². The summed E-state index contributed by atoms with van der Waals surface area (Å²) in [5.74, 6) is 1.02. The number of fused-ring (bicyclic) bond motifs is 1. The molecule has 0 bridgehead atoms. The average Bonchev–Trinajstić information content (AvgIpc) is 3.36. The Labute approximate surface area is 198 Å². The minimum atomic E-state index is -0.401. The smallest absolute Gasteiger partial charge is 0.324 e. The Morgan fingerprint density at radius 2 is 1.85 bits per heavy atom. The molecule has 0 fully saturated rings. The van der Waals surface area contributed by atoms with Gasteiger partial charge in [-0.25, -0.2) is 14.0 Å². The van der Waals surface area contributed by atoms with Crippen LogP contribution in [0.5, 0.6) is 5.88 Å². The maximum Gasteiger partial charge on any atom is 0.324 e. The van der Waals surface area contributed by atoms with E-state index in [9.17, 15) is 4.79 Å². The van der Waals surface area contributed by atoms with Gasteiger partial charge in [0.05, 0.1) is 23.4 Å². The molecule has 0 aliphatic heterocycles. The van der Waals surface area contributed by atoms with Crippen molar-refractivity contribution in [3.63, 3.8) is 0 Å². The zero-order valence-corrected chi connectivity index (χ0v) is 19.7. The van der Waals surface area contributed by atoms with E-state index >= 15 is 0 Å². The number of rotatable bonds is 7. The number of allylic oxidation sites excluding steroid dienone is 4. The van der Waals surface area contributed by atoms with Crippen molar-refractivity contribution in [3.8, 4) is 17.1 Å².